The van der Waals surface area contributed by atoms with Gasteiger partial charge in [0.25, 0.3) is 0 Å². The van der Waals surface area contributed by atoms with Crippen molar-refractivity contribution in [3.63, 3.8) is 0 Å². The summed E-state index contributed by atoms with van der Waals surface area (Å²) in [4.78, 5) is 10.8. The Bertz CT molecular complexity index is 396. The number of hydrogen-bond donors (Lipinski definition) is 4. The Labute approximate surface area is 99.5 Å². The third-order valence-corrected chi connectivity index (χ3v) is 2.17. The summed E-state index contributed by atoms with van der Waals surface area (Å²) >= 11 is 0. The highest BCUT2D eigenvalue weighted by molar-refractivity contribution is 5.91. The minimum absolute atomic E-state index is 0. The van der Waals surface area contributed by atoms with Crippen LogP contribution < -0.4 is 11.5 Å². The maximum absolute atomic E-state index is 10.8. The van der Waals surface area contributed by atoms with Crippen molar-refractivity contribution < 1.29 is 15.0 Å². The minimum atomic E-state index is -1.18. The van der Waals surface area contributed by atoms with Crippen LogP contribution in [0.3, 0.4) is 0 Å². The molecule has 0 bridgehead atoms. The van der Waals surface area contributed by atoms with Crippen LogP contribution in [0.5, 0.6) is 5.75 Å². The number of carbonyl (C=O) groups is 1. The number of phenols is 1. The Hall–Kier alpha value is -1.30. The molecule has 5 nitrogen and oxygen atoms in total. The second-order valence-electron chi connectivity index (χ2n) is 3.40. The van der Waals surface area contributed by atoms with Gasteiger partial charge in [-0.3, -0.25) is 0 Å². The summed E-state index contributed by atoms with van der Waals surface area (Å²) in [6.07, 6.45) is 0. The van der Waals surface area contributed by atoms with E-state index in [0.717, 1.165) is 5.56 Å². The van der Waals surface area contributed by atoms with Crippen molar-refractivity contribution in [2.24, 2.45) is 11.5 Å². The van der Waals surface area contributed by atoms with Gasteiger partial charge in [-0.1, -0.05) is 6.07 Å². The van der Waals surface area contributed by atoms with Crippen LogP contribution in [-0.4, -0.2) is 22.7 Å². The summed E-state index contributed by atoms with van der Waals surface area (Å²) < 4.78 is 0. The molecule has 0 saturated heterocycles. The maximum Gasteiger partial charge on any atom is 0.339 e. The third-order valence-electron chi connectivity index (χ3n) is 2.17. The summed E-state index contributed by atoms with van der Waals surface area (Å²) in [5, 5.41) is 18.5. The van der Waals surface area contributed by atoms with Crippen molar-refractivity contribution in [3.8, 4) is 5.75 Å². The molecule has 0 aliphatic rings. The Morgan fingerprint density at radius 1 is 1.50 bits per heavy atom. The first-order chi connectivity index (χ1) is 6.97. The highest BCUT2D eigenvalue weighted by atomic mass is 35.5. The normalized spacial score (nSPS) is 11.7. The molecule has 0 saturated carbocycles. The van der Waals surface area contributed by atoms with Gasteiger partial charge in [-0.2, -0.15) is 0 Å². The van der Waals surface area contributed by atoms with Crippen LogP contribution in [0.4, 0.5) is 0 Å². The number of rotatable bonds is 3. The van der Waals surface area contributed by atoms with E-state index < -0.39 is 12.0 Å². The van der Waals surface area contributed by atoms with E-state index in [-0.39, 0.29) is 30.3 Å². The number of benzene rings is 1. The Kier molecular flexibility index (Phi) is 5.23. The van der Waals surface area contributed by atoms with E-state index in [9.17, 15) is 9.90 Å². The van der Waals surface area contributed by atoms with E-state index in [1.165, 1.54) is 6.07 Å². The van der Waals surface area contributed by atoms with Gasteiger partial charge in [-0.15, -0.1) is 12.4 Å². The number of aryl methyl sites for hydroxylation is 1. The summed E-state index contributed by atoms with van der Waals surface area (Å²) in [7, 11) is 0. The molecular formula is C10H15ClN2O3. The van der Waals surface area contributed by atoms with Gasteiger partial charge in [0, 0.05) is 18.2 Å². The lowest BCUT2D eigenvalue weighted by atomic mass is 9.99. The van der Waals surface area contributed by atoms with Crippen LogP contribution in [-0.2, 0) is 0 Å². The van der Waals surface area contributed by atoms with Crippen LogP contribution in [0.25, 0.3) is 0 Å². The molecule has 1 aromatic rings. The van der Waals surface area contributed by atoms with Crippen LogP contribution in [0, 0.1) is 6.92 Å². The van der Waals surface area contributed by atoms with Gasteiger partial charge in [0.05, 0.1) is 0 Å². The molecule has 0 unspecified atom stereocenters. The first-order valence-corrected chi connectivity index (χ1v) is 4.49. The molecule has 6 N–H and O–H groups in total. The summed E-state index contributed by atoms with van der Waals surface area (Å²) in [6, 6.07) is 2.48. The van der Waals surface area contributed by atoms with Gasteiger partial charge in [-0.25, -0.2) is 4.79 Å². The van der Waals surface area contributed by atoms with E-state index in [1.54, 1.807) is 13.0 Å². The molecule has 0 radical (unpaired) electrons. The van der Waals surface area contributed by atoms with Crippen LogP contribution >= 0.6 is 12.4 Å². The van der Waals surface area contributed by atoms with Crippen LogP contribution in [0.1, 0.15) is 27.5 Å². The van der Waals surface area contributed by atoms with Gasteiger partial charge in [0.1, 0.15) is 11.3 Å². The summed E-state index contributed by atoms with van der Waals surface area (Å²) in [5.74, 6) is -1.48. The lowest BCUT2D eigenvalue weighted by molar-refractivity contribution is 0.0693. The molecule has 0 heterocycles. The van der Waals surface area contributed by atoms with E-state index >= 15 is 0 Å². The standard InChI is InChI=1S/C10H14N2O3.ClH/c1-5-2-6(8(12)4-11)9(13)7(3-5)10(14)15;/h2-3,8,13H,4,11-12H2,1H3,(H,14,15);1H/t8-;/m1./s1. The topological polar surface area (TPSA) is 110 Å². The zero-order chi connectivity index (χ0) is 11.6. The molecular weight excluding hydrogens is 232 g/mol. The smallest absolute Gasteiger partial charge is 0.339 e. The number of carboxylic acid groups (broad SMARTS) is 1. The van der Waals surface area contributed by atoms with Crippen LogP contribution in [0.15, 0.2) is 12.1 Å². The second kappa shape index (κ2) is 5.69. The number of aromatic hydroxyl groups is 1. The van der Waals surface area contributed by atoms with E-state index in [4.69, 9.17) is 16.6 Å². The molecule has 6 heteroatoms. The highest BCUT2D eigenvalue weighted by Crippen LogP contribution is 2.28. The zero-order valence-electron chi connectivity index (χ0n) is 8.80. The van der Waals surface area contributed by atoms with Crippen molar-refractivity contribution in [3.05, 3.63) is 28.8 Å². The summed E-state index contributed by atoms with van der Waals surface area (Å²) in [5.41, 5.74) is 12.0. The summed E-state index contributed by atoms with van der Waals surface area (Å²) in [6.45, 7) is 1.88. The van der Waals surface area contributed by atoms with Crippen LogP contribution in [0.2, 0.25) is 0 Å². The molecule has 0 amide bonds. The minimum Gasteiger partial charge on any atom is -0.507 e. The van der Waals surface area contributed by atoms with E-state index in [1.807, 2.05) is 0 Å². The SMILES string of the molecule is Cc1cc(C(=O)O)c(O)c([C@H](N)CN)c1.Cl. The average molecular weight is 247 g/mol. The molecule has 1 rings (SSSR count). The van der Waals surface area contributed by atoms with E-state index in [0.29, 0.717) is 5.56 Å². The zero-order valence-corrected chi connectivity index (χ0v) is 9.62. The van der Waals surface area contributed by atoms with Crippen molar-refractivity contribution in [1.82, 2.24) is 0 Å². The molecule has 90 valence electrons. The van der Waals surface area contributed by atoms with E-state index in [2.05, 4.69) is 0 Å². The number of hydrogen-bond acceptors (Lipinski definition) is 4. The molecule has 1 atom stereocenters. The molecule has 0 aliphatic carbocycles. The number of carboxylic acids is 1. The molecule has 1 aromatic carbocycles. The molecule has 16 heavy (non-hydrogen) atoms. The molecule has 0 aromatic heterocycles. The first kappa shape index (κ1) is 14.7. The monoisotopic (exact) mass is 246 g/mol. The largest absolute Gasteiger partial charge is 0.507 e. The van der Waals surface area contributed by atoms with Gasteiger partial charge in [0.15, 0.2) is 0 Å². The highest BCUT2D eigenvalue weighted by Gasteiger charge is 2.17. The van der Waals surface area contributed by atoms with Gasteiger partial charge in [0.2, 0.25) is 0 Å². The predicted octanol–water partition coefficient (Wildman–Crippen LogP) is 0.779. The fourth-order valence-electron chi connectivity index (χ4n) is 1.38. The second-order valence-corrected chi connectivity index (χ2v) is 3.40. The van der Waals surface area contributed by atoms with Crippen molar-refractivity contribution in [2.45, 2.75) is 13.0 Å². The quantitative estimate of drug-likeness (QED) is 0.630. The van der Waals surface area contributed by atoms with Crippen molar-refractivity contribution in [2.75, 3.05) is 6.54 Å². The van der Waals surface area contributed by atoms with Crippen molar-refractivity contribution in [1.29, 1.82) is 0 Å². The third kappa shape index (κ3) is 2.85. The van der Waals surface area contributed by atoms with Gasteiger partial charge < -0.3 is 21.7 Å². The lowest BCUT2D eigenvalue weighted by Gasteiger charge is -2.13. The maximum atomic E-state index is 10.8. The average Bonchev–Trinajstić information content (AvgIpc) is 2.19. The Balaban J connectivity index is 0.00000225. The van der Waals surface area contributed by atoms with Crippen molar-refractivity contribution >= 4 is 18.4 Å². The number of halogens is 1. The number of aromatic carboxylic acids is 1. The lowest BCUT2D eigenvalue weighted by Crippen LogP contribution is -2.21. The first-order valence-electron chi connectivity index (χ1n) is 4.49. The molecule has 0 spiro atoms. The molecule has 0 aliphatic heterocycles. The fourth-order valence-corrected chi connectivity index (χ4v) is 1.38. The van der Waals surface area contributed by atoms with Gasteiger partial charge in [-0.05, 0) is 18.6 Å². The molecule has 0 fully saturated rings. The van der Waals surface area contributed by atoms with Gasteiger partial charge >= 0.3 is 5.97 Å². The Morgan fingerprint density at radius 2 is 2.06 bits per heavy atom. The number of nitrogens with two attached hydrogens (primary N) is 2. The predicted molar refractivity (Wildman–Crippen MR) is 63.0 cm³/mol. The Morgan fingerprint density at radius 3 is 2.50 bits per heavy atom. The fraction of sp³-hybridized carbons (Fsp3) is 0.300.